The van der Waals surface area contributed by atoms with Gasteiger partial charge in [0.2, 0.25) is 5.91 Å². The highest BCUT2D eigenvalue weighted by molar-refractivity contribution is 5.93. The molecule has 9 heteroatoms. The second-order valence-corrected chi connectivity index (χ2v) is 7.61. The summed E-state index contributed by atoms with van der Waals surface area (Å²) in [6.07, 6.45) is -3.49. The predicted octanol–water partition coefficient (Wildman–Crippen LogP) is 4.90. The summed E-state index contributed by atoms with van der Waals surface area (Å²) in [6, 6.07) is 13.5. The maximum absolute atomic E-state index is 13.7. The zero-order valence-electron chi connectivity index (χ0n) is 17.5. The molecule has 6 nitrogen and oxygen atoms in total. The van der Waals surface area contributed by atoms with Gasteiger partial charge in [-0.2, -0.15) is 13.2 Å². The van der Waals surface area contributed by atoms with Crippen molar-refractivity contribution in [1.29, 1.82) is 0 Å². The number of halogens is 3. The summed E-state index contributed by atoms with van der Waals surface area (Å²) in [6.45, 7) is 2.94. The fraction of sp³-hybridized carbons (Fsp3) is 0.348. The van der Waals surface area contributed by atoms with Crippen LogP contribution in [0, 0.1) is 5.92 Å². The third-order valence-corrected chi connectivity index (χ3v) is 5.35. The quantitative estimate of drug-likeness (QED) is 0.606. The number of ether oxygens (including phenoxy) is 1. The molecule has 2 aromatic carbocycles. The first-order chi connectivity index (χ1) is 15.3. The lowest BCUT2D eigenvalue weighted by Gasteiger charge is -2.34. The molecule has 32 heavy (non-hydrogen) atoms. The van der Waals surface area contributed by atoms with Gasteiger partial charge in [-0.3, -0.25) is 4.79 Å². The van der Waals surface area contributed by atoms with Crippen molar-refractivity contribution in [2.75, 3.05) is 29.9 Å². The summed E-state index contributed by atoms with van der Waals surface area (Å²) in [4.78, 5) is 22.5. The number of nitrogens with one attached hydrogen (secondary N) is 1. The zero-order chi connectivity index (χ0) is 22.7. The van der Waals surface area contributed by atoms with E-state index in [2.05, 4.69) is 15.3 Å². The normalized spacial score (nSPS) is 16.8. The number of benzene rings is 2. The molecule has 1 fully saturated rings. The molecular formula is C23H23F3N4O2. The van der Waals surface area contributed by atoms with E-state index in [4.69, 9.17) is 4.74 Å². The highest BCUT2D eigenvalue weighted by atomic mass is 19.4. The van der Waals surface area contributed by atoms with Gasteiger partial charge in [0, 0.05) is 18.8 Å². The number of piperidine rings is 1. The van der Waals surface area contributed by atoms with Crippen molar-refractivity contribution in [2.45, 2.75) is 25.9 Å². The molecule has 1 atom stereocenters. The number of rotatable bonds is 5. The minimum absolute atomic E-state index is 0.138. The van der Waals surface area contributed by atoms with Crippen LogP contribution in [0.25, 0.3) is 11.0 Å². The Morgan fingerprint density at radius 1 is 1.12 bits per heavy atom. The molecule has 4 rings (SSSR count). The Bertz CT molecular complexity index is 1100. The van der Waals surface area contributed by atoms with E-state index in [0.717, 1.165) is 0 Å². The molecule has 0 unspecified atom stereocenters. The molecule has 0 bridgehead atoms. The van der Waals surface area contributed by atoms with Gasteiger partial charge in [0.15, 0.2) is 11.5 Å². The van der Waals surface area contributed by atoms with Crippen LogP contribution in [-0.4, -0.2) is 35.6 Å². The van der Waals surface area contributed by atoms with Crippen molar-refractivity contribution in [2.24, 2.45) is 5.92 Å². The summed E-state index contributed by atoms with van der Waals surface area (Å²) < 4.78 is 46.6. The highest BCUT2D eigenvalue weighted by Gasteiger charge is 2.40. The third-order valence-electron chi connectivity index (χ3n) is 5.35. The number of hydrogen-bond acceptors (Lipinski definition) is 5. The molecule has 0 spiro atoms. The maximum Gasteiger partial charge on any atom is 0.437 e. The summed E-state index contributed by atoms with van der Waals surface area (Å²) in [5, 5.41) is 2.85. The molecule has 2 heterocycles. The number of carbonyl (C=O) groups excluding carboxylic acids is 1. The largest absolute Gasteiger partial charge is 0.494 e. The van der Waals surface area contributed by atoms with Crippen LogP contribution in [-0.2, 0) is 11.0 Å². The standard InChI is InChI=1S/C23H23F3N4O2/c1-2-32-17-11-9-16(10-12-17)27-22(31)15-6-5-13-30(14-15)21-20(23(24,25)26)28-18-7-3-4-8-19(18)29-21/h3-4,7-12,15H,2,5-6,13-14H2,1H3,(H,27,31)/t15-/m1/s1. The van der Waals surface area contributed by atoms with E-state index >= 15 is 0 Å². The van der Waals surface area contributed by atoms with E-state index in [1.807, 2.05) is 6.92 Å². The van der Waals surface area contributed by atoms with Gasteiger partial charge in [0.25, 0.3) is 0 Å². The van der Waals surface area contributed by atoms with E-state index in [1.165, 1.54) is 11.0 Å². The van der Waals surface area contributed by atoms with Crippen LogP contribution in [0.5, 0.6) is 5.75 Å². The first-order valence-corrected chi connectivity index (χ1v) is 10.5. The Morgan fingerprint density at radius 2 is 1.81 bits per heavy atom. The molecule has 168 valence electrons. The fourth-order valence-corrected chi connectivity index (χ4v) is 3.83. The van der Waals surface area contributed by atoms with Gasteiger partial charge in [-0.15, -0.1) is 0 Å². The van der Waals surface area contributed by atoms with Gasteiger partial charge in [0.05, 0.1) is 23.6 Å². The molecule has 1 aliphatic heterocycles. The molecule has 1 aromatic heterocycles. The summed E-state index contributed by atoms with van der Waals surface area (Å²) in [5.41, 5.74) is 0.155. The monoisotopic (exact) mass is 444 g/mol. The van der Waals surface area contributed by atoms with Gasteiger partial charge in [-0.25, -0.2) is 9.97 Å². The molecule has 1 amide bonds. The van der Waals surface area contributed by atoms with E-state index in [-0.39, 0.29) is 23.8 Å². The number of carbonyl (C=O) groups is 1. The number of fused-ring (bicyclic) bond motifs is 1. The molecule has 0 radical (unpaired) electrons. The van der Waals surface area contributed by atoms with Crippen molar-refractivity contribution < 1.29 is 22.7 Å². The highest BCUT2D eigenvalue weighted by Crippen LogP contribution is 2.36. The molecule has 1 N–H and O–H groups in total. The van der Waals surface area contributed by atoms with Crippen LogP contribution in [0.4, 0.5) is 24.7 Å². The Balaban J connectivity index is 1.54. The lowest BCUT2D eigenvalue weighted by atomic mass is 9.96. The molecule has 1 saturated heterocycles. The minimum atomic E-state index is -4.65. The lowest BCUT2D eigenvalue weighted by molar-refractivity contribution is -0.140. The fourth-order valence-electron chi connectivity index (χ4n) is 3.83. The minimum Gasteiger partial charge on any atom is -0.494 e. The van der Waals surface area contributed by atoms with Gasteiger partial charge in [0.1, 0.15) is 5.75 Å². The van der Waals surface area contributed by atoms with Crippen LogP contribution >= 0.6 is 0 Å². The average Bonchev–Trinajstić information content (AvgIpc) is 2.79. The van der Waals surface area contributed by atoms with Crippen LogP contribution < -0.4 is 15.0 Å². The SMILES string of the molecule is CCOc1ccc(NC(=O)[C@@H]2CCCN(c3nc4ccccc4nc3C(F)(F)F)C2)cc1. The van der Waals surface area contributed by atoms with Gasteiger partial charge in [-0.05, 0) is 56.2 Å². The van der Waals surface area contributed by atoms with E-state index in [0.29, 0.717) is 42.9 Å². The van der Waals surface area contributed by atoms with Crippen molar-refractivity contribution in [1.82, 2.24) is 9.97 Å². The molecule has 0 saturated carbocycles. The average molecular weight is 444 g/mol. The summed E-state index contributed by atoms with van der Waals surface area (Å²) >= 11 is 0. The Kier molecular flexibility index (Phi) is 6.16. The number of alkyl halides is 3. The molecule has 3 aromatic rings. The van der Waals surface area contributed by atoms with Gasteiger partial charge < -0.3 is 15.0 Å². The van der Waals surface area contributed by atoms with Gasteiger partial charge in [-0.1, -0.05) is 12.1 Å². The van der Waals surface area contributed by atoms with Crippen molar-refractivity contribution >= 4 is 28.4 Å². The summed E-state index contributed by atoms with van der Waals surface area (Å²) in [5.74, 6) is -0.232. The smallest absolute Gasteiger partial charge is 0.437 e. The third kappa shape index (κ3) is 4.76. The number of amides is 1. The number of nitrogens with zero attached hydrogens (tertiary/aromatic N) is 3. The van der Waals surface area contributed by atoms with Crippen LogP contribution in [0.15, 0.2) is 48.5 Å². The second-order valence-electron chi connectivity index (χ2n) is 7.61. The van der Waals surface area contributed by atoms with Crippen LogP contribution in [0.1, 0.15) is 25.5 Å². The van der Waals surface area contributed by atoms with Crippen molar-refractivity contribution in [3.63, 3.8) is 0 Å². The number of para-hydroxylation sites is 2. The second kappa shape index (κ2) is 9.02. The number of aromatic nitrogens is 2. The molecule has 0 aliphatic carbocycles. The van der Waals surface area contributed by atoms with Crippen molar-refractivity contribution in [3.8, 4) is 5.75 Å². The zero-order valence-corrected chi connectivity index (χ0v) is 17.5. The van der Waals surface area contributed by atoms with Gasteiger partial charge >= 0.3 is 6.18 Å². The topological polar surface area (TPSA) is 67.3 Å². The Hall–Kier alpha value is -3.36. The lowest BCUT2D eigenvalue weighted by Crippen LogP contribution is -2.42. The molecular weight excluding hydrogens is 421 g/mol. The first-order valence-electron chi connectivity index (χ1n) is 10.5. The van der Waals surface area contributed by atoms with E-state index in [1.54, 1.807) is 42.5 Å². The number of anilines is 2. The Morgan fingerprint density at radius 3 is 2.47 bits per heavy atom. The molecule has 1 aliphatic rings. The van der Waals surface area contributed by atoms with Crippen LogP contribution in [0.3, 0.4) is 0 Å². The maximum atomic E-state index is 13.7. The number of hydrogen-bond donors (Lipinski definition) is 1. The summed E-state index contributed by atoms with van der Waals surface area (Å²) in [7, 11) is 0. The first kappa shape index (κ1) is 21.9. The van der Waals surface area contributed by atoms with E-state index < -0.39 is 17.8 Å². The predicted molar refractivity (Wildman–Crippen MR) is 116 cm³/mol. The Labute approximate surface area is 183 Å². The van der Waals surface area contributed by atoms with Crippen molar-refractivity contribution in [3.05, 3.63) is 54.2 Å². The van der Waals surface area contributed by atoms with Crippen LogP contribution in [0.2, 0.25) is 0 Å². The van der Waals surface area contributed by atoms with E-state index in [9.17, 15) is 18.0 Å².